The molecule has 0 saturated carbocycles. The van der Waals surface area contributed by atoms with E-state index in [1.54, 1.807) is 6.92 Å². The topological polar surface area (TPSA) is 173 Å². The number of sulfonamides is 1. The van der Waals surface area contributed by atoms with Crippen molar-refractivity contribution >= 4 is 32.4 Å². The Hall–Kier alpha value is -0.600. The summed E-state index contributed by atoms with van der Waals surface area (Å²) in [6.07, 6.45) is 0.148. The quantitative estimate of drug-likeness (QED) is 0.319. The number of nitrogens with one attached hydrogen (secondary N) is 1. The van der Waals surface area contributed by atoms with Crippen molar-refractivity contribution in [2.45, 2.75) is 40.6 Å². The molecule has 0 bridgehead atoms. The van der Waals surface area contributed by atoms with Crippen LogP contribution in [-0.4, -0.2) is 38.4 Å². The van der Waals surface area contributed by atoms with Gasteiger partial charge in [-0.15, -0.1) is 11.3 Å². The second-order valence-electron chi connectivity index (χ2n) is 4.34. The molecule has 0 aliphatic carbocycles. The second-order valence-corrected chi connectivity index (χ2v) is 8.26. The van der Waals surface area contributed by atoms with Crippen molar-refractivity contribution in [1.82, 2.24) is 5.32 Å². The Morgan fingerprint density at radius 1 is 1.52 bits per heavy atom. The number of hydrogen-bond acceptors (Lipinski definition) is 9. The highest BCUT2D eigenvalue weighted by atomic mass is 32.3. The van der Waals surface area contributed by atoms with E-state index in [1.807, 2.05) is 0 Å². The maximum atomic E-state index is 11.3. The maximum Gasteiger partial charge on any atom is 0.251 e. The molecule has 1 aromatic heterocycles. The van der Waals surface area contributed by atoms with Gasteiger partial charge in [-0.3, -0.25) is 9.53 Å². The van der Waals surface area contributed by atoms with Gasteiger partial charge in [0.25, 0.3) is 10.0 Å². The summed E-state index contributed by atoms with van der Waals surface area (Å²) in [5.41, 5.74) is -0.269. The number of primary sulfonamides is 1. The molecule has 122 valence electrons. The van der Waals surface area contributed by atoms with Crippen molar-refractivity contribution in [3.8, 4) is 5.75 Å². The summed E-state index contributed by atoms with van der Waals surface area (Å²) < 4.78 is 44.0. The summed E-state index contributed by atoms with van der Waals surface area (Å²) >= 11 is -2.54. The highest BCUT2D eigenvalue weighted by Gasteiger charge is 2.32. The van der Waals surface area contributed by atoms with Crippen LogP contribution in [0.4, 0.5) is 0 Å². The van der Waals surface area contributed by atoms with Gasteiger partial charge in [0.2, 0.25) is 5.91 Å². The number of nitrogens with two attached hydrogens (primary N) is 1. The Bertz CT molecular complexity index is 647. The molecule has 21 heavy (non-hydrogen) atoms. The van der Waals surface area contributed by atoms with Gasteiger partial charge in [0.1, 0.15) is 0 Å². The zero-order valence-electron chi connectivity index (χ0n) is 11.1. The zero-order chi connectivity index (χ0) is 16.6. The summed E-state index contributed by atoms with van der Waals surface area (Å²) in [6, 6.07) is -1.01. The molecule has 0 aliphatic rings. The molecule has 0 aliphatic heterocycles. The average molecular weight is 359 g/mol. The molecule has 12 heteroatoms. The van der Waals surface area contributed by atoms with Crippen LogP contribution in [0.2, 0.25) is 0 Å². The van der Waals surface area contributed by atoms with E-state index in [1.165, 1.54) is 0 Å². The van der Waals surface area contributed by atoms with Crippen LogP contribution in [0.1, 0.15) is 31.9 Å². The van der Waals surface area contributed by atoms with Gasteiger partial charge in [-0.2, -0.15) is 0 Å². The van der Waals surface area contributed by atoms with Crippen molar-refractivity contribution in [2.75, 3.05) is 0 Å². The molecule has 9 nitrogen and oxygen atoms in total. The Morgan fingerprint density at radius 2 is 2.05 bits per heavy atom. The van der Waals surface area contributed by atoms with Gasteiger partial charge in [0.05, 0.1) is 4.21 Å². The molecule has 6 N–H and O–H groups in total. The van der Waals surface area contributed by atoms with Crippen LogP contribution >= 0.6 is 11.3 Å². The highest BCUT2D eigenvalue weighted by Crippen LogP contribution is 2.43. The SMILES string of the molecule is CCC(NC(C)(O)O)c1c(S(=O)[O-])sc(S(N)(=O)=O)c1O. The number of aliphatic hydroxyl groups is 2. The van der Waals surface area contributed by atoms with Crippen molar-refractivity contribution in [3.63, 3.8) is 0 Å². The van der Waals surface area contributed by atoms with Gasteiger partial charge >= 0.3 is 0 Å². The van der Waals surface area contributed by atoms with Crippen LogP contribution in [0.15, 0.2) is 8.42 Å². The van der Waals surface area contributed by atoms with Crippen LogP contribution in [0.5, 0.6) is 5.75 Å². The Kier molecular flexibility index (Phi) is 5.50. The lowest BCUT2D eigenvalue weighted by Gasteiger charge is -2.26. The standard InChI is InChI=1S/C9H16N2O7S3/c1-3-4(11-9(2,13)14)5-6(12)8(21(10,17)18)19-7(5)20(15)16/h4,11-14H,3H2,1-2H3,(H,15,16)(H2,10,17,18)/p-1. The molecule has 0 spiro atoms. The van der Waals surface area contributed by atoms with E-state index in [-0.39, 0.29) is 12.0 Å². The summed E-state index contributed by atoms with van der Waals surface area (Å²) in [4.78, 5) is 0. The van der Waals surface area contributed by atoms with Gasteiger partial charge in [-0.25, -0.2) is 13.6 Å². The summed E-state index contributed by atoms with van der Waals surface area (Å²) in [5.74, 6) is -3.16. The van der Waals surface area contributed by atoms with Crippen LogP contribution in [-0.2, 0) is 21.1 Å². The number of aromatic hydroxyl groups is 1. The lowest BCUT2D eigenvalue weighted by molar-refractivity contribution is -0.176. The van der Waals surface area contributed by atoms with E-state index in [0.717, 1.165) is 6.92 Å². The molecule has 0 fully saturated rings. The molecule has 2 unspecified atom stereocenters. The van der Waals surface area contributed by atoms with E-state index in [9.17, 15) is 32.5 Å². The zero-order valence-corrected chi connectivity index (χ0v) is 13.5. The average Bonchev–Trinajstić information content (AvgIpc) is 2.62. The van der Waals surface area contributed by atoms with Crippen LogP contribution in [0, 0.1) is 0 Å². The minimum atomic E-state index is -4.31. The van der Waals surface area contributed by atoms with E-state index < -0.39 is 47.2 Å². The molecular weight excluding hydrogens is 344 g/mol. The van der Waals surface area contributed by atoms with Crippen molar-refractivity contribution in [3.05, 3.63) is 5.56 Å². The third kappa shape index (κ3) is 4.43. The fourth-order valence-electron chi connectivity index (χ4n) is 1.73. The molecule has 0 aromatic carbocycles. The van der Waals surface area contributed by atoms with E-state index in [0.29, 0.717) is 11.3 Å². The van der Waals surface area contributed by atoms with Crippen molar-refractivity contribution in [1.29, 1.82) is 0 Å². The van der Waals surface area contributed by atoms with E-state index >= 15 is 0 Å². The summed E-state index contributed by atoms with van der Waals surface area (Å²) in [5, 5.41) is 35.8. The first-order valence-corrected chi connectivity index (χ1v) is 9.02. The molecule has 0 radical (unpaired) electrons. The lowest BCUT2D eigenvalue weighted by atomic mass is 10.1. The summed E-state index contributed by atoms with van der Waals surface area (Å²) in [6.45, 7) is 2.57. The monoisotopic (exact) mass is 359 g/mol. The first kappa shape index (κ1) is 18.4. The minimum Gasteiger partial charge on any atom is -0.768 e. The van der Waals surface area contributed by atoms with Gasteiger partial charge in [-0.1, -0.05) is 6.92 Å². The third-order valence-corrected chi connectivity index (χ3v) is 6.09. The normalized spacial score (nSPS) is 15.9. The van der Waals surface area contributed by atoms with Gasteiger partial charge in [0.15, 0.2) is 9.96 Å². The second kappa shape index (κ2) is 6.26. The van der Waals surface area contributed by atoms with Crippen LogP contribution in [0.25, 0.3) is 0 Å². The fraction of sp³-hybridized carbons (Fsp3) is 0.556. The van der Waals surface area contributed by atoms with Crippen LogP contribution < -0.4 is 10.5 Å². The summed E-state index contributed by atoms with van der Waals surface area (Å²) in [7, 11) is -4.31. The Balaban J connectivity index is 3.52. The van der Waals surface area contributed by atoms with E-state index in [4.69, 9.17) is 5.14 Å². The largest absolute Gasteiger partial charge is 0.768 e. The fourth-order valence-corrected chi connectivity index (χ4v) is 4.64. The number of thiophene rings is 1. The van der Waals surface area contributed by atoms with Crippen molar-refractivity contribution in [2.24, 2.45) is 5.14 Å². The molecule has 1 aromatic rings. The highest BCUT2D eigenvalue weighted by molar-refractivity contribution is 7.92. The third-order valence-electron chi connectivity index (χ3n) is 2.47. The van der Waals surface area contributed by atoms with Crippen LogP contribution in [0.3, 0.4) is 0 Å². The van der Waals surface area contributed by atoms with Gasteiger partial charge < -0.3 is 19.9 Å². The first-order chi connectivity index (χ1) is 9.38. The predicted octanol–water partition coefficient (Wildman–Crippen LogP) is -0.962. The molecule has 2 atom stereocenters. The minimum absolute atomic E-state index is 0.148. The number of hydrogen-bond donors (Lipinski definition) is 5. The van der Waals surface area contributed by atoms with Gasteiger partial charge in [-0.05, 0) is 17.5 Å². The molecule has 0 amide bonds. The molecule has 0 saturated heterocycles. The lowest BCUT2D eigenvalue weighted by Crippen LogP contribution is -2.44. The Labute approximate surface area is 127 Å². The molecule has 1 rings (SSSR count). The first-order valence-electron chi connectivity index (χ1n) is 5.58. The predicted molar refractivity (Wildman–Crippen MR) is 73.6 cm³/mol. The Morgan fingerprint density at radius 3 is 2.38 bits per heavy atom. The molecular formula is C9H15N2O7S3-. The van der Waals surface area contributed by atoms with E-state index in [2.05, 4.69) is 5.32 Å². The maximum absolute atomic E-state index is 11.3. The number of rotatable bonds is 6. The smallest absolute Gasteiger partial charge is 0.251 e. The van der Waals surface area contributed by atoms with Crippen molar-refractivity contribution < 1.29 is 32.5 Å². The van der Waals surface area contributed by atoms with Gasteiger partial charge in [0, 0.05) is 18.5 Å². The molecule has 1 heterocycles.